The van der Waals surface area contributed by atoms with Crippen LogP contribution in [0.5, 0.6) is 0 Å². The van der Waals surface area contributed by atoms with Gasteiger partial charge in [-0.2, -0.15) is 0 Å². The number of hydrogen-bond acceptors (Lipinski definition) is 3. The molecular weight excluding hydrogens is 232 g/mol. The van der Waals surface area contributed by atoms with Gasteiger partial charge in [0.1, 0.15) is 0 Å². The molecule has 5 heteroatoms. The van der Waals surface area contributed by atoms with Crippen LogP contribution >= 0.6 is 0 Å². The van der Waals surface area contributed by atoms with Crippen molar-refractivity contribution < 1.29 is 9.53 Å². The van der Waals surface area contributed by atoms with Crippen LogP contribution in [-0.2, 0) is 11.8 Å². The average Bonchev–Trinajstić information content (AvgIpc) is 2.67. The molecule has 1 aromatic carbocycles. The SMILES string of the molecule is CCOC(=O)c1[nH]n(C)c(=O)c1-c1ccccc1. The number of hydrogen-bond donors (Lipinski definition) is 1. The lowest BCUT2D eigenvalue weighted by Crippen LogP contribution is -2.13. The van der Waals surface area contributed by atoms with Crippen LogP contribution < -0.4 is 5.56 Å². The van der Waals surface area contributed by atoms with Crippen LogP contribution in [0.3, 0.4) is 0 Å². The van der Waals surface area contributed by atoms with Gasteiger partial charge in [0.2, 0.25) is 0 Å². The summed E-state index contributed by atoms with van der Waals surface area (Å²) in [6, 6.07) is 9.05. The lowest BCUT2D eigenvalue weighted by Gasteiger charge is -2.02. The summed E-state index contributed by atoms with van der Waals surface area (Å²) in [5.41, 5.74) is 0.985. The van der Waals surface area contributed by atoms with Crippen molar-refractivity contribution in [2.24, 2.45) is 7.05 Å². The average molecular weight is 246 g/mol. The highest BCUT2D eigenvalue weighted by Gasteiger charge is 2.21. The maximum Gasteiger partial charge on any atom is 0.357 e. The van der Waals surface area contributed by atoms with Crippen molar-refractivity contribution in [2.75, 3.05) is 6.61 Å². The third-order valence-corrected chi connectivity index (χ3v) is 2.59. The largest absolute Gasteiger partial charge is 0.461 e. The zero-order valence-electron chi connectivity index (χ0n) is 10.3. The van der Waals surface area contributed by atoms with Crippen molar-refractivity contribution in [3.63, 3.8) is 0 Å². The Morgan fingerprint density at radius 3 is 2.61 bits per heavy atom. The summed E-state index contributed by atoms with van der Waals surface area (Å²) in [7, 11) is 1.57. The number of H-pyrrole nitrogens is 1. The van der Waals surface area contributed by atoms with Crippen LogP contribution in [-0.4, -0.2) is 22.4 Å². The molecule has 2 rings (SSSR count). The molecule has 0 radical (unpaired) electrons. The number of carbonyl (C=O) groups is 1. The molecule has 1 N–H and O–H groups in total. The highest BCUT2D eigenvalue weighted by molar-refractivity contribution is 5.95. The van der Waals surface area contributed by atoms with E-state index in [0.29, 0.717) is 11.1 Å². The van der Waals surface area contributed by atoms with E-state index in [2.05, 4.69) is 5.10 Å². The second-order valence-electron chi connectivity index (χ2n) is 3.81. The Labute approximate surface area is 104 Å². The zero-order chi connectivity index (χ0) is 13.1. The quantitative estimate of drug-likeness (QED) is 0.836. The van der Waals surface area contributed by atoms with Gasteiger partial charge in [0.15, 0.2) is 5.69 Å². The van der Waals surface area contributed by atoms with E-state index in [1.165, 1.54) is 4.68 Å². The van der Waals surface area contributed by atoms with Gasteiger partial charge in [-0.25, -0.2) is 4.79 Å². The molecule has 1 heterocycles. The minimum Gasteiger partial charge on any atom is -0.461 e. The third kappa shape index (κ3) is 2.07. The van der Waals surface area contributed by atoms with E-state index in [9.17, 15) is 9.59 Å². The molecule has 0 fully saturated rings. The summed E-state index contributed by atoms with van der Waals surface area (Å²) < 4.78 is 6.21. The van der Waals surface area contributed by atoms with Gasteiger partial charge in [-0.1, -0.05) is 30.3 Å². The molecule has 0 aliphatic rings. The number of nitrogens with one attached hydrogen (secondary N) is 1. The molecule has 2 aromatic rings. The number of ether oxygens (including phenoxy) is 1. The molecule has 1 aromatic heterocycles. The summed E-state index contributed by atoms with van der Waals surface area (Å²) in [4.78, 5) is 23.8. The van der Waals surface area contributed by atoms with Crippen molar-refractivity contribution in [1.29, 1.82) is 0 Å². The van der Waals surface area contributed by atoms with Gasteiger partial charge in [0.05, 0.1) is 12.2 Å². The van der Waals surface area contributed by atoms with E-state index in [-0.39, 0.29) is 17.9 Å². The molecule has 0 saturated carbocycles. The van der Waals surface area contributed by atoms with Crippen LogP contribution in [0.2, 0.25) is 0 Å². The summed E-state index contributed by atoms with van der Waals surface area (Å²) in [5.74, 6) is -0.519. The first-order chi connectivity index (χ1) is 8.65. The van der Waals surface area contributed by atoms with Gasteiger partial charge in [-0.05, 0) is 12.5 Å². The standard InChI is InChI=1S/C13H14N2O3/c1-3-18-13(17)11-10(12(16)15(2)14-11)9-7-5-4-6-8-9/h4-8,14H,3H2,1-2H3. The van der Waals surface area contributed by atoms with Crippen LogP contribution in [0.25, 0.3) is 11.1 Å². The van der Waals surface area contributed by atoms with Crippen molar-refractivity contribution in [3.05, 3.63) is 46.4 Å². The fraction of sp³-hybridized carbons (Fsp3) is 0.231. The predicted octanol–water partition coefficient (Wildman–Crippen LogP) is 1.56. The first-order valence-corrected chi connectivity index (χ1v) is 5.66. The van der Waals surface area contributed by atoms with Crippen molar-refractivity contribution >= 4 is 5.97 Å². The number of rotatable bonds is 3. The minimum atomic E-state index is -0.519. The first-order valence-electron chi connectivity index (χ1n) is 5.66. The molecule has 94 valence electrons. The topological polar surface area (TPSA) is 64.1 Å². The lowest BCUT2D eigenvalue weighted by molar-refractivity contribution is 0.0519. The second-order valence-corrected chi connectivity index (χ2v) is 3.81. The number of nitrogens with zero attached hydrogens (tertiary/aromatic N) is 1. The van der Waals surface area contributed by atoms with Crippen LogP contribution in [0.1, 0.15) is 17.4 Å². The van der Waals surface area contributed by atoms with Crippen LogP contribution in [0.15, 0.2) is 35.1 Å². The number of esters is 1. The summed E-state index contributed by atoms with van der Waals surface area (Å²) in [6.07, 6.45) is 0. The first kappa shape index (κ1) is 12.2. The monoisotopic (exact) mass is 246 g/mol. The van der Waals surface area contributed by atoms with Gasteiger partial charge in [0, 0.05) is 7.05 Å². The van der Waals surface area contributed by atoms with Crippen molar-refractivity contribution in [2.45, 2.75) is 6.92 Å². The Morgan fingerprint density at radius 2 is 2.00 bits per heavy atom. The molecule has 0 saturated heterocycles. The highest BCUT2D eigenvalue weighted by Crippen LogP contribution is 2.19. The fourth-order valence-electron chi connectivity index (χ4n) is 1.77. The number of carbonyl (C=O) groups excluding carboxylic acids is 1. The Hall–Kier alpha value is -2.30. The van der Waals surface area contributed by atoms with Gasteiger partial charge >= 0.3 is 5.97 Å². The van der Waals surface area contributed by atoms with Gasteiger partial charge < -0.3 is 4.74 Å². The highest BCUT2D eigenvalue weighted by atomic mass is 16.5. The minimum absolute atomic E-state index is 0.190. The van der Waals surface area contributed by atoms with E-state index < -0.39 is 5.97 Å². The van der Waals surface area contributed by atoms with Crippen LogP contribution in [0.4, 0.5) is 0 Å². The Morgan fingerprint density at radius 1 is 1.33 bits per heavy atom. The summed E-state index contributed by atoms with van der Waals surface area (Å²) in [5, 5.41) is 2.73. The number of aromatic amines is 1. The number of aryl methyl sites for hydroxylation is 1. The molecule has 0 atom stereocenters. The maximum atomic E-state index is 12.0. The Balaban J connectivity index is 2.59. The van der Waals surface area contributed by atoms with E-state index in [1.807, 2.05) is 18.2 Å². The smallest absolute Gasteiger partial charge is 0.357 e. The lowest BCUT2D eigenvalue weighted by atomic mass is 10.1. The molecule has 0 bridgehead atoms. The molecule has 0 aliphatic heterocycles. The van der Waals surface area contributed by atoms with E-state index in [4.69, 9.17) is 4.74 Å². The molecule has 5 nitrogen and oxygen atoms in total. The summed E-state index contributed by atoms with van der Waals surface area (Å²) in [6.45, 7) is 1.99. The normalized spacial score (nSPS) is 10.3. The fourth-order valence-corrected chi connectivity index (χ4v) is 1.77. The van der Waals surface area contributed by atoms with Gasteiger partial charge in [-0.3, -0.25) is 14.6 Å². The Bertz CT molecular complexity index is 611. The molecule has 0 amide bonds. The van der Waals surface area contributed by atoms with Crippen molar-refractivity contribution in [1.82, 2.24) is 9.78 Å². The van der Waals surface area contributed by atoms with Crippen molar-refractivity contribution in [3.8, 4) is 11.1 Å². The molecule has 0 spiro atoms. The second kappa shape index (κ2) is 4.91. The zero-order valence-corrected chi connectivity index (χ0v) is 10.3. The van der Waals surface area contributed by atoms with Gasteiger partial charge in [0.25, 0.3) is 5.56 Å². The van der Waals surface area contributed by atoms with E-state index >= 15 is 0 Å². The Kier molecular flexibility index (Phi) is 3.32. The van der Waals surface area contributed by atoms with Crippen LogP contribution in [0, 0.1) is 0 Å². The summed E-state index contributed by atoms with van der Waals surface area (Å²) >= 11 is 0. The molecule has 18 heavy (non-hydrogen) atoms. The molecule has 0 unspecified atom stereocenters. The molecular formula is C13H14N2O3. The maximum absolute atomic E-state index is 12.0. The number of aromatic nitrogens is 2. The van der Waals surface area contributed by atoms with E-state index in [0.717, 1.165) is 0 Å². The number of benzene rings is 1. The third-order valence-electron chi connectivity index (χ3n) is 2.59. The predicted molar refractivity (Wildman–Crippen MR) is 67.4 cm³/mol. The molecule has 0 aliphatic carbocycles. The van der Waals surface area contributed by atoms with E-state index in [1.54, 1.807) is 26.1 Å². The van der Waals surface area contributed by atoms with Gasteiger partial charge in [-0.15, -0.1) is 0 Å².